The molecule has 8 heteroatoms. The number of rotatable bonds is 4. The highest BCUT2D eigenvalue weighted by Crippen LogP contribution is 2.74. The van der Waals surface area contributed by atoms with E-state index in [1.165, 1.54) is 12.1 Å². The van der Waals surface area contributed by atoms with E-state index in [2.05, 4.69) is 15.2 Å². The number of nitrogens with zero attached hydrogens (tertiary/aromatic N) is 6. The van der Waals surface area contributed by atoms with E-state index < -0.39 is 0 Å². The molecule has 7 rings (SSSR count). The van der Waals surface area contributed by atoms with Crippen molar-refractivity contribution in [3.8, 4) is 6.07 Å². The van der Waals surface area contributed by atoms with E-state index in [1.807, 2.05) is 22.9 Å². The van der Waals surface area contributed by atoms with Crippen LogP contribution in [0.4, 0.5) is 4.39 Å². The van der Waals surface area contributed by atoms with Crippen LogP contribution in [0.5, 0.6) is 0 Å². The monoisotopic (exact) mass is 414 g/mol. The zero-order valence-electron chi connectivity index (χ0n) is 16.7. The molecule has 2 aromatic heterocycles. The summed E-state index contributed by atoms with van der Waals surface area (Å²) in [5.74, 6) is -0.257. The van der Waals surface area contributed by atoms with E-state index >= 15 is 0 Å². The fraction of sp³-hybridized carbons (Fsp3) is 0.348. The Balaban J connectivity index is 1.17. The molecule has 1 aliphatic heterocycles. The fourth-order valence-electron chi connectivity index (χ4n) is 5.71. The zero-order chi connectivity index (χ0) is 21.2. The lowest BCUT2D eigenvalue weighted by molar-refractivity contribution is -0.223. The summed E-state index contributed by atoms with van der Waals surface area (Å²) < 4.78 is 15.6. The molecule has 3 aromatic rings. The summed E-state index contributed by atoms with van der Waals surface area (Å²) in [5.41, 5.74) is 2.48. The molecule has 0 N–H and O–H groups in total. The first-order valence-electron chi connectivity index (χ1n) is 10.4. The minimum Gasteiger partial charge on any atom is -0.272 e. The van der Waals surface area contributed by atoms with Crippen molar-refractivity contribution in [3.05, 3.63) is 59.7 Å². The van der Waals surface area contributed by atoms with Crippen LogP contribution in [0.3, 0.4) is 0 Å². The Morgan fingerprint density at radius 3 is 2.87 bits per heavy atom. The third-order valence-electron chi connectivity index (χ3n) is 6.96. The van der Waals surface area contributed by atoms with Crippen molar-refractivity contribution in [1.29, 1.82) is 5.26 Å². The van der Waals surface area contributed by atoms with Gasteiger partial charge in [-0.1, -0.05) is 12.1 Å². The number of aromatic nitrogens is 3. The van der Waals surface area contributed by atoms with E-state index in [9.17, 15) is 9.18 Å². The van der Waals surface area contributed by atoms with Gasteiger partial charge in [0.25, 0.3) is 0 Å². The van der Waals surface area contributed by atoms with Gasteiger partial charge in [0.05, 0.1) is 23.2 Å². The third kappa shape index (κ3) is 2.62. The summed E-state index contributed by atoms with van der Waals surface area (Å²) in [6.45, 7) is 0.732. The predicted molar refractivity (Wildman–Crippen MR) is 110 cm³/mol. The first kappa shape index (κ1) is 18.2. The Morgan fingerprint density at radius 2 is 2.10 bits per heavy atom. The molecule has 3 aliphatic carbocycles. The van der Waals surface area contributed by atoms with E-state index in [-0.39, 0.29) is 28.6 Å². The molecule has 0 spiro atoms. The normalized spacial score (nSPS) is 28.3. The molecule has 1 unspecified atom stereocenters. The van der Waals surface area contributed by atoms with Crippen LogP contribution in [0.1, 0.15) is 43.0 Å². The Morgan fingerprint density at radius 1 is 1.26 bits per heavy atom. The molecule has 0 radical (unpaired) electrons. The second kappa shape index (κ2) is 6.20. The molecule has 1 amide bonds. The summed E-state index contributed by atoms with van der Waals surface area (Å²) in [7, 11) is 0. The smallest absolute Gasteiger partial charge is 0.249 e. The van der Waals surface area contributed by atoms with Crippen LogP contribution in [-0.2, 0) is 11.3 Å². The third-order valence-corrected chi connectivity index (χ3v) is 6.96. The molecule has 3 saturated carbocycles. The molecule has 31 heavy (non-hydrogen) atoms. The SMILES string of the molecule is N#Cc1ccc2c(cnn2CC23CC(C(=O)N4N=CCC4c4cccc(F)c4)(C2)C3)n1. The predicted octanol–water partition coefficient (Wildman–Crippen LogP) is 3.57. The summed E-state index contributed by atoms with van der Waals surface area (Å²) in [6, 6.07) is 11.8. The largest absolute Gasteiger partial charge is 0.272 e. The molecule has 1 aromatic carbocycles. The van der Waals surface area contributed by atoms with Crippen molar-refractivity contribution in [3.63, 3.8) is 0 Å². The van der Waals surface area contributed by atoms with Crippen molar-refractivity contribution < 1.29 is 9.18 Å². The lowest BCUT2D eigenvalue weighted by atomic mass is 9.34. The molecule has 4 aliphatic rings. The van der Waals surface area contributed by atoms with Gasteiger partial charge in [0.15, 0.2) is 0 Å². The maximum atomic E-state index is 13.7. The summed E-state index contributed by atoms with van der Waals surface area (Å²) in [5, 5.41) is 19.4. The highest BCUT2D eigenvalue weighted by molar-refractivity contribution is 5.88. The number of hydrogen-bond donors (Lipinski definition) is 0. The van der Waals surface area contributed by atoms with Gasteiger partial charge in [-0.05, 0) is 54.5 Å². The number of carbonyl (C=O) groups excluding carboxylic acids is 1. The summed E-state index contributed by atoms with van der Waals surface area (Å²) in [6.07, 6.45) is 6.47. The zero-order valence-corrected chi connectivity index (χ0v) is 16.7. The Bertz CT molecular complexity index is 1290. The van der Waals surface area contributed by atoms with Gasteiger partial charge in [-0.3, -0.25) is 9.48 Å². The number of carbonyl (C=O) groups is 1. The first-order chi connectivity index (χ1) is 15.0. The van der Waals surface area contributed by atoms with Gasteiger partial charge in [-0.15, -0.1) is 0 Å². The standard InChI is InChI=1S/C23H19FN6O/c24-16-3-1-2-15(8-16)19-6-7-26-30(19)21(31)23-11-22(12-23,13-23)14-29-20-5-4-17(9-25)28-18(20)10-27-29/h1-5,7-8,10,19H,6,11-14H2. The van der Waals surface area contributed by atoms with Gasteiger partial charge >= 0.3 is 0 Å². The number of nitriles is 1. The maximum Gasteiger partial charge on any atom is 0.249 e. The number of amides is 1. The van der Waals surface area contributed by atoms with E-state index in [0.29, 0.717) is 17.6 Å². The number of fused-ring (bicyclic) bond motifs is 1. The molecule has 1 atom stereocenters. The molecule has 3 fully saturated rings. The highest BCUT2D eigenvalue weighted by atomic mass is 19.1. The Hall–Kier alpha value is -3.60. The average molecular weight is 414 g/mol. The van der Waals surface area contributed by atoms with Crippen molar-refractivity contribution in [1.82, 2.24) is 19.8 Å². The maximum absolute atomic E-state index is 13.7. The summed E-state index contributed by atoms with van der Waals surface area (Å²) in [4.78, 5) is 17.6. The quantitative estimate of drug-likeness (QED) is 0.653. The lowest BCUT2D eigenvalue weighted by Gasteiger charge is -2.69. The fourth-order valence-corrected chi connectivity index (χ4v) is 5.71. The van der Waals surface area contributed by atoms with E-state index in [1.54, 1.807) is 29.6 Å². The van der Waals surface area contributed by atoms with Gasteiger partial charge in [0.2, 0.25) is 5.91 Å². The van der Waals surface area contributed by atoms with Crippen LogP contribution in [0.2, 0.25) is 0 Å². The highest BCUT2D eigenvalue weighted by Gasteiger charge is 2.72. The summed E-state index contributed by atoms with van der Waals surface area (Å²) >= 11 is 0. The van der Waals surface area contributed by atoms with Crippen LogP contribution in [0.15, 0.2) is 47.7 Å². The van der Waals surface area contributed by atoms with Crippen molar-refractivity contribution in [2.75, 3.05) is 0 Å². The molecule has 7 nitrogen and oxygen atoms in total. The van der Waals surface area contributed by atoms with Crippen molar-refractivity contribution in [2.24, 2.45) is 15.9 Å². The molecule has 0 saturated heterocycles. The van der Waals surface area contributed by atoms with Crippen LogP contribution in [-0.4, -0.2) is 31.9 Å². The van der Waals surface area contributed by atoms with Gasteiger partial charge in [0, 0.05) is 19.2 Å². The minimum atomic E-state index is -0.359. The minimum absolute atomic E-state index is 0.0445. The van der Waals surface area contributed by atoms with Gasteiger partial charge in [-0.25, -0.2) is 14.4 Å². The number of pyridine rings is 1. The second-order valence-electron chi connectivity index (χ2n) is 9.08. The first-order valence-corrected chi connectivity index (χ1v) is 10.4. The van der Waals surface area contributed by atoms with Gasteiger partial charge < -0.3 is 0 Å². The number of benzene rings is 1. The number of hydrazone groups is 1. The Labute approximate surface area is 177 Å². The molecular weight excluding hydrogens is 395 g/mol. The molecule has 2 bridgehead atoms. The van der Waals surface area contributed by atoms with Crippen LogP contribution < -0.4 is 0 Å². The van der Waals surface area contributed by atoms with Crippen LogP contribution >= 0.6 is 0 Å². The number of hydrogen-bond acceptors (Lipinski definition) is 5. The topological polar surface area (TPSA) is 87.2 Å². The molecular formula is C23H19FN6O. The lowest BCUT2D eigenvalue weighted by Crippen LogP contribution is -2.68. The second-order valence-corrected chi connectivity index (χ2v) is 9.08. The molecule has 3 heterocycles. The van der Waals surface area contributed by atoms with E-state index in [0.717, 1.165) is 36.9 Å². The van der Waals surface area contributed by atoms with Crippen molar-refractivity contribution >= 4 is 23.2 Å². The van der Waals surface area contributed by atoms with Crippen LogP contribution in [0, 0.1) is 28.0 Å². The van der Waals surface area contributed by atoms with Gasteiger partial charge in [0.1, 0.15) is 23.1 Å². The average Bonchev–Trinajstić information content (AvgIpc) is 3.36. The van der Waals surface area contributed by atoms with Crippen LogP contribution in [0.25, 0.3) is 11.0 Å². The Kier molecular flexibility index (Phi) is 3.64. The van der Waals surface area contributed by atoms with E-state index in [4.69, 9.17) is 5.26 Å². The van der Waals surface area contributed by atoms with Gasteiger partial charge in [-0.2, -0.15) is 15.5 Å². The number of halogens is 1. The van der Waals surface area contributed by atoms with Crippen molar-refractivity contribution in [2.45, 2.75) is 38.3 Å². The molecule has 154 valence electrons.